The van der Waals surface area contributed by atoms with Gasteiger partial charge in [-0.1, -0.05) is 30.3 Å². The maximum Gasteiger partial charge on any atom is 0.323 e. The topological polar surface area (TPSA) is 158 Å². The van der Waals surface area contributed by atoms with Gasteiger partial charge >= 0.3 is 5.69 Å². The Morgan fingerprint density at radius 1 is 0.956 bits per heavy atom. The second kappa shape index (κ2) is 13.5. The molecule has 5 rings (SSSR count). The number of H-pyrrole nitrogens is 2. The second-order valence-corrected chi connectivity index (χ2v) is 14.5. The monoisotopic (exact) mass is 631 g/mol. The highest BCUT2D eigenvalue weighted by Crippen LogP contribution is 2.32. The van der Waals surface area contributed by atoms with Gasteiger partial charge in [-0.25, -0.2) is 17.5 Å². The van der Waals surface area contributed by atoms with Crippen LogP contribution < -0.4 is 16.7 Å². The number of Topliss-reactive ketones (excluding diaryl/α,β-unsaturated/α-hetero) is 1. The van der Waals surface area contributed by atoms with E-state index in [1.807, 2.05) is 31.2 Å². The summed E-state index contributed by atoms with van der Waals surface area (Å²) in [5, 5.41) is 2.96. The molecule has 1 heterocycles. The van der Waals surface area contributed by atoms with Crippen molar-refractivity contribution in [3.05, 3.63) is 82.3 Å². The van der Waals surface area contributed by atoms with Crippen LogP contribution >= 0.6 is 0 Å². The Labute approximate surface area is 263 Å². The summed E-state index contributed by atoms with van der Waals surface area (Å²) >= 11 is 0. The molecule has 0 aliphatic heterocycles. The summed E-state index contributed by atoms with van der Waals surface area (Å²) in [5.74, 6) is -0.388. The summed E-state index contributed by atoms with van der Waals surface area (Å²) in [4.78, 5) is 44.4. The Balaban J connectivity index is 1.37. The van der Waals surface area contributed by atoms with Crippen molar-refractivity contribution in [3.8, 4) is 11.1 Å². The van der Waals surface area contributed by atoms with Gasteiger partial charge in [0.15, 0.2) is 0 Å². The van der Waals surface area contributed by atoms with Crippen molar-refractivity contribution in [1.82, 2.24) is 14.3 Å². The largest absolute Gasteiger partial charge is 0.330 e. The first-order chi connectivity index (χ1) is 21.4. The zero-order valence-electron chi connectivity index (χ0n) is 25.9. The minimum Gasteiger partial charge on any atom is -0.330 e. The van der Waals surface area contributed by atoms with Crippen molar-refractivity contribution in [2.24, 2.45) is 23.5 Å². The smallest absolute Gasteiger partial charge is 0.323 e. The van der Waals surface area contributed by atoms with Gasteiger partial charge in [-0.3, -0.25) is 9.59 Å². The first-order valence-corrected chi connectivity index (χ1v) is 16.8. The number of aryl methyl sites for hydroxylation is 1. The normalized spacial score (nSPS) is 17.8. The first kappa shape index (κ1) is 32.3. The van der Waals surface area contributed by atoms with Crippen molar-refractivity contribution >= 4 is 38.4 Å². The molecule has 45 heavy (non-hydrogen) atoms. The Kier molecular flexibility index (Phi) is 9.71. The van der Waals surface area contributed by atoms with Gasteiger partial charge in [-0.2, -0.15) is 0 Å². The van der Waals surface area contributed by atoms with E-state index in [2.05, 4.69) is 15.3 Å². The molecule has 238 valence electrons. The number of hydrogen-bond acceptors (Lipinski definition) is 6. The Hall–Kier alpha value is -4.06. The number of hydrogen-bond donors (Lipinski definition) is 4. The van der Waals surface area contributed by atoms with Crippen LogP contribution in [0.3, 0.4) is 0 Å². The molecule has 5 N–H and O–H groups in total. The zero-order chi connectivity index (χ0) is 32.3. The third kappa shape index (κ3) is 7.43. The van der Waals surface area contributed by atoms with Crippen molar-refractivity contribution in [3.63, 3.8) is 0 Å². The highest BCUT2D eigenvalue weighted by molar-refractivity contribution is 7.89. The molecule has 1 aliphatic carbocycles. The maximum atomic E-state index is 13.7. The van der Waals surface area contributed by atoms with Crippen LogP contribution in [0, 0.1) is 24.7 Å². The van der Waals surface area contributed by atoms with Crippen LogP contribution in [-0.4, -0.2) is 55.0 Å². The lowest BCUT2D eigenvalue weighted by Gasteiger charge is -2.27. The van der Waals surface area contributed by atoms with Gasteiger partial charge in [-0.05, 0) is 104 Å². The summed E-state index contributed by atoms with van der Waals surface area (Å²) in [7, 11) is -0.578. The summed E-state index contributed by atoms with van der Waals surface area (Å²) in [6, 6.07) is 17.9. The number of ketones is 1. The lowest BCUT2D eigenvalue weighted by Crippen LogP contribution is -2.31. The Morgan fingerprint density at radius 3 is 2.31 bits per heavy atom. The number of nitrogens with one attached hydrogen (secondary N) is 3. The highest BCUT2D eigenvalue weighted by atomic mass is 32.2. The number of aromatic nitrogens is 2. The number of aromatic amines is 2. The van der Waals surface area contributed by atoms with E-state index in [0.29, 0.717) is 35.6 Å². The highest BCUT2D eigenvalue weighted by Gasteiger charge is 2.30. The molecule has 0 unspecified atom stereocenters. The minimum atomic E-state index is -3.59. The van der Waals surface area contributed by atoms with Gasteiger partial charge in [0.25, 0.3) is 0 Å². The number of fused-ring (bicyclic) bond motifs is 1. The average Bonchev–Trinajstić information content (AvgIpc) is 3.40. The average molecular weight is 632 g/mol. The number of nitrogens with two attached hydrogens (primary N) is 1. The van der Waals surface area contributed by atoms with Crippen LogP contribution in [0.1, 0.15) is 43.2 Å². The molecule has 0 bridgehead atoms. The van der Waals surface area contributed by atoms with E-state index in [9.17, 15) is 22.8 Å². The fourth-order valence-electron chi connectivity index (χ4n) is 6.13. The van der Waals surface area contributed by atoms with Crippen LogP contribution in [0.2, 0.25) is 0 Å². The standard InChI is InChI=1S/C34H41N5O5S/c1-21-4-14-28(45(43,44)39(2)3)19-29(21)24-9-5-22(6-10-24)16-26(17-32(40)25-11-7-23(20-35)8-12-25)33(41)36-27-13-15-30-31(18-27)38-34(42)37-30/h4-6,9-10,13-15,18-19,23,25-26H,7-8,11-12,16-17,20,35H2,1-3H3,(H,36,41)(H2,37,38,42)/t23?,25?,26-/m1/s1. The molecule has 3 aromatic carbocycles. The quantitative estimate of drug-likeness (QED) is 0.189. The molecule has 1 saturated carbocycles. The summed E-state index contributed by atoms with van der Waals surface area (Å²) < 4.78 is 26.7. The van der Waals surface area contributed by atoms with Crippen LogP contribution in [-0.2, 0) is 26.0 Å². The lowest BCUT2D eigenvalue weighted by atomic mass is 9.77. The second-order valence-electron chi connectivity index (χ2n) is 12.3. The van der Waals surface area contributed by atoms with Crippen LogP contribution in [0.5, 0.6) is 0 Å². The number of anilines is 1. The molecule has 0 radical (unpaired) electrons. The molecule has 1 atom stereocenters. The fraction of sp³-hybridized carbons (Fsp3) is 0.382. The van der Waals surface area contributed by atoms with Crippen molar-refractivity contribution in [2.75, 3.05) is 26.0 Å². The third-order valence-electron chi connectivity index (χ3n) is 8.97. The summed E-state index contributed by atoms with van der Waals surface area (Å²) in [5.41, 5.74) is 10.8. The minimum absolute atomic E-state index is 0.0690. The van der Waals surface area contributed by atoms with Crippen LogP contribution in [0.25, 0.3) is 22.2 Å². The molecular formula is C34H41N5O5S. The lowest BCUT2D eigenvalue weighted by molar-refractivity contribution is -0.129. The van der Waals surface area contributed by atoms with E-state index >= 15 is 0 Å². The molecule has 4 aromatic rings. The SMILES string of the molecule is Cc1ccc(S(=O)(=O)N(C)C)cc1-c1ccc(C[C@H](CC(=O)C2CCC(CN)CC2)C(=O)Nc2ccc3[nH]c(=O)[nH]c3c2)cc1. The Morgan fingerprint density at radius 2 is 1.64 bits per heavy atom. The number of amides is 1. The van der Waals surface area contributed by atoms with Gasteiger partial charge in [0, 0.05) is 38.0 Å². The molecule has 1 aliphatic rings. The predicted molar refractivity (Wildman–Crippen MR) is 176 cm³/mol. The van der Waals surface area contributed by atoms with Crippen LogP contribution in [0.15, 0.2) is 70.4 Å². The molecule has 1 aromatic heterocycles. The number of carbonyl (C=O) groups excluding carboxylic acids is 2. The number of sulfonamides is 1. The Bertz CT molecular complexity index is 1850. The van der Waals surface area contributed by atoms with E-state index in [1.54, 1.807) is 36.4 Å². The van der Waals surface area contributed by atoms with Gasteiger partial charge in [0.2, 0.25) is 15.9 Å². The number of carbonyl (C=O) groups is 2. The summed E-state index contributed by atoms with van der Waals surface area (Å²) in [6.45, 7) is 2.57. The van der Waals surface area contributed by atoms with Crippen molar-refractivity contribution < 1.29 is 18.0 Å². The number of nitrogens with zero attached hydrogens (tertiary/aromatic N) is 1. The van der Waals surface area contributed by atoms with Gasteiger partial charge < -0.3 is 21.0 Å². The molecule has 0 spiro atoms. The van der Waals surface area contributed by atoms with E-state index < -0.39 is 15.9 Å². The zero-order valence-corrected chi connectivity index (χ0v) is 26.7. The molecule has 11 heteroatoms. The van der Waals surface area contributed by atoms with E-state index in [-0.39, 0.29) is 34.6 Å². The van der Waals surface area contributed by atoms with Crippen LogP contribution in [0.4, 0.5) is 5.69 Å². The van der Waals surface area contributed by atoms with Crippen molar-refractivity contribution in [2.45, 2.75) is 50.3 Å². The molecule has 1 amide bonds. The van der Waals surface area contributed by atoms with E-state index in [1.165, 1.54) is 18.4 Å². The maximum absolute atomic E-state index is 13.7. The third-order valence-corrected chi connectivity index (χ3v) is 10.8. The molecule has 0 saturated heterocycles. The summed E-state index contributed by atoms with van der Waals surface area (Å²) in [6.07, 6.45) is 3.92. The molecule has 1 fully saturated rings. The van der Waals surface area contributed by atoms with Crippen molar-refractivity contribution in [1.29, 1.82) is 0 Å². The number of imidazole rings is 1. The van der Waals surface area contributed by atoms with Gasteiger partial charge in [0.05, 0.1) is 15.9 Å². The predicted octanol–water partition coefficient (Wildman–Crippen LogP) is 4.60. The first-order valence-electron chi connectivity index (χ1n) is 15.3. The van der Waals surface area contributed by atoms with E-state index in [0.717, 1.165) is 47.9 Å². The number of rotatable bonds is 11. The number of benzene rings is 3. The van der Waals surface area contributed by atoms with Gasteiger partial charge in [-0.15, -0.1) is 0 Å². The molecular weight excluding hydrogens is 590 g/mol. The molecule has 10 nitrogen and oxygen atoms in total. The van der Waals surface area contributed by atoms with E-state index in [4.69, 9.17) is 5.73 Å². The fourth-order valence-corrected chi connectivity index (χ4v) is 7.06. The van der Waals surface area contributed by atoms with Gasteiger partial charge in [0.1, 0.15) is 5.78 Å².